The number of nitrogens with zero attached hydrogens (tertiary/aromatic N) is 1. The van der Waals surface area contributed by atoms with Crippen molar-refractivity contribution in [3.05, 3.63) is 59.7 Å². The molecule has 0 aliphatic rings. The zero-order valence-corrected chi connectivity index (χ0v) is 13.8. The highest BCUT2D eigenvalue weighted by atomic mass is 32.2. The van der Waals surface area contributed by atoms with Crippen molar-refractivity contribution < 1.29 is 4.74 Å². The number of thioether (sulfide) groups is 1. The number of benzene rings is 2. The molecule has 0 aromatic heterocycles. The Bertz CT molecular complexity index is 660. The number of methoxy groups -OCH3 is 1. The Balaban J connectivity index is 2.05. The van der Waals surface area contributed by atoms with E-state index in [0.717, 1.165) is 22.6 Å². The standard InChI is InChI=1S/C16H17N3OS2/c1-20-15-9-12(10-18-19-16(17)21)7-8-13(15)11-22-14-5-3-2-4-6-14/h2-10H,11H2,1H3,(H3,17,19,21). The molecule has 2 rings (SSSR count). The molecule has 0 heterocycles. The van der Waals surface area contributed by atoms with E-state index in [9.17, 15) is 0 Å². The summed E-state index contributed by atoms with van der Waals surface area (Å²) < 4.78 is 5.46. The van der Waals surface area contributed by atoms with Crippen molar-refractivity contribution >= 4 is 35.3 Å². The molecule has 0 saturated carbocycles. The van der Waals surface area contributed by atoms with Gasteiger partial charge in [0.05, 0.1) is 13.3 Å². The number of hydrogen-bond donors (Lipinski definition) is 2. The van der Waals surface area contributed by atoms with E-state index >= 15 is 0 Å². The van der Waals surface area contributed by atoms with Crippen LogP contribution in [-0.4, -0.2) is 18.4 Å². The molecular weight excluding hydrogens is 314 g/mol. The summed E-state index contributed by atoms with van der Waals surface area (Å²) in [4.78, 5) is 1.23. The van der Waals surface area contributed by atoms with Crippen LogP contribution in [0.1, 0.15) is 11.1 Å². The first-order chi connectivity index (χ1) is 10.7. The lowest BCUT2D eigenvalue weighted by atomic mass is 10.1. The molecule has 0 unspecified atom stereocenters. The highest BCUT2D eigenvalue weighted by Crippen LogP contribution is 2.28. The van der Waals surface area contributed by atoms with Crippen molar-refractivity contribution in [1.82, 2.24) is 5.43 Å². The summed E-state index contributed by atoms with van der Waals surface area (Å²) >= 11 is 6.46. The second-order valence-corrected chi connectivity index (χ2v) is 5.90. The summed E-state index contributed by atoms with van der Waals surface area (Å²) in [5, 5.41) is 4.08. The first kappa shape index (κ1) is 16.3. The Kier molecular flexibility index (Phi) is 6.24. The van der Waals surface area contributed by atoms with Gasteiger partial charge >= 0.3 is 0 Å². The normalized spacial score (nSPS) is 10.6. The Morgan fingerprint density at radius 1 is 1.32 bits per heavy atom. The number of thiocarbonyl (C=S) groups is 1. The van der Waals surface area contributed by atoms with E-state index in [0.29, 0.717) is 0 Å². The first-order valence-corrected chi connectivity index (χ1v) is 8.01. The minimum atomic E-state index is 0.138. The molecule has 0 fully saturated rings. The second kappa shape index (κ2) is 8.41. The zero-order valence-electron chi connectivity index (χ0n) is 12.2. The summed E-state index contributed by atoms with van der Waals surface area (Å²) in [5.74, 6) is 1.68. The zero-order chi connectivity index (χ0) is 15.8. The van der Waals surface area contributed by atoms with Crippen molar-refractivity contribution in [2.24, 2.45) is 10.8 Å². The van der Waals surface area contributed by atoms with Gasteiger partial charge in [0.25, 0.3) is 0 Å². The van der Waals surface area contributed by atoms with E-state index < -0.39 is 0 Å². The van der Waals surface area contributed by atoms with Gasteiger partial charge in [-0.15, -0.1) is 11.8 Å². The highest BCUT2D eigenvalue weighted by molar-refractivity contribution is 7.98. The fourth-order valence-electron chi connectivity index (χ4n) is 1.81. The van der Waals surface area contributed by atoms with Gasteiger partial charge in [-0.1, -0.05) is 30.3 Å². The molecule has 114 valence electrons. The van der Waals surface area contributed by atoms with Gasteiger partial charge in [-0.2, -0.15) is 5.10 Å². The third kappa shape index (κ3) is 5.05. The molecule has 0 radical (unpaired) electrons. The molecular formula is C16H17N3OS2. The lowest BCUT2D eigenvalue weighted by Gasteiger charge is -2.09. The van der Waals surface area contributed by atoms with Crippen LogP contribution in [0, 0.1) is 0 Å². The molecule has 6 heteroatoms. The number of hydrazone groups is 1. The molecule has 22 heavy (non-hydrogen) atoms. The van der Waals surface area contributed by atoms with Crippen LogP contribution in [0.5, 0.6) is 5.75 Å². The SMILES string of the molecule is COc1cc(C=NNC(N)=S)ccc1CSc1ccccc1. The number of nitrogens with one attached hydrogen (secondary N) is 1. The van der Waals surface area contributed by atoms with Crippen molar-refractivity contribution in [3.8, 4) is 5.75 Å². The van der Waals surface area contributed by atoms with Crippen LogP contribution in [0.4, 0.5) is 0 Å². The smallest absolute Gasteiger partial charge is 0.184 e. The van der Waals surface area contributed by atoms with Crippen LogP contribution >= 0.6 is 24.0 Å². The molecule has 2 aromatic carbocycles. The van der Waals surface area contributed by atoms with Crippen LogP contribution in [0.25, 0.3) is 0 Å². The molecule has 0 bridgehead atoms. The van der Waals surface area contributed by atoms with Crippen molar-refractivity contribution in [2.45, 2.75) is 10.6 Å². The lowest BCUT2D eigenvalue weighted by Crippen LogP contribution is -2.23. The maximum atomic E-state index is 5.46. The number of rotatable bonds is 6. The second-order valence-electron chi connectivity index (χ2n) is 4.41. The van der Waals surface area contributed by atoms with Gasteiger partial charge in [0.2, 0.25) is 0 Å². The molecule has 4 nitrogen and oxygen atoms in total. The maximum absolute atomic E-state index is 5.46. The first-order valence-electron chi connectivity index (χ1n) is 6.62. The van der Waals surface area contributed by atoms with Gasteiger partial charge < -0.3 is 10.5 Å². The molecule has 0 saturated heterocycles. The van der Waals surface area contributed by atoms with Gasteiger partial charge in [0.1, 0.15) is 5.75 Å². The summed E-state index contributed by atoms with van der Waals surface area (Å²) in [6, 6.07) is 16.2. The summed E-state index contributed by atoms with van der Waals surface area (Å²) in [6.45, 7) is 0. The van der Waals surface area contributed by atoms with Crippen LogP contribution < -0.4 is 15.9 Å². The number of hydrogen-bond acceptors (Lipinski definition) is 4. The Labute approximate surface area is 139 Å². The van der Waals surface area contributed by atoms with Crippen LogP contribution in [-0.2, 0) is 5.75 Å². The Morgan fingerprint density at radius 3 is 2.77 bits per heavy atom. The Hall–Kier alpha value is -2.05. The lowest BCUT2D eigenvalue weighted by molar-refractivity contribution is 0.411. The molecule has 0 amide bonds. The van der Waals surface area contributed by atoms with Gasteiger partial charge in [-0.25, -0.2) is 0 Å². The van der Waals surface area contributed by atoms with Crippen LogP contribution in [0.3, 0.4) is 0 Å². The Morgan fingerprint density at radius 2 is 2.09 bits per heavy atom. The molecule has 0 atom stereocenters. The molecule has 0 spiro atoms. The number of nitrogens with two attached hydrogens (primary N) is 1. The molecule has 2 aromatic rings. The van der Waals surface area contributed by atoms with Gasteiger partial charge in [0.15, 0.2) is 5.11 Å². The summed E-state index contributed by atoms with van der Waals surface area (Å²) in [7, 11) is 1.67. The summed E-state index contributed by atoms with van der Waals surface area (Å²) in [5.41, 5.74) is 9.88. The monoisotopic (exact) mass is 331 g/mol. The topological polar surface area (TPSA) is 59.6 Å². The fraction of sp³-hybridized carbons (Fsp3) is 0.125. The summed E-state index contributed by atoms with van der Waals surface area (Å²) in [6.07, 6.45) is 1.65. The van der Waals surface area contributed by atoms with E-state index in [4.69, 9.17) is 10.5 Å². The largest absolute Gasteiger partial charge is 0.496 e. The van der Waals surface area contributed by atoms with E-state index in [1.54, 1.807) is 25.1 Å². The van der Waals surface area contributed by atoms with Crippen LogP contribution in [0.15, 0.2) is 58.5 Å². The number of ether oxygens (including phenoxy) is 1. The van der Waals surface area contributed by atoms with Crippen LogP contribution in [0.2, 0.25) is 0 Å². The van der Waals surface area contributed by atoms with E-state index in [1.165, 1.54) is 4.90 Å². The third-order valence-electron chi connectivity index (χ3n) is 2.84. The highest BCUT2D eigenvalue weighted by Gasteiger charge is 2.05. The predicted octanol–water partition coefficient (Wildman–Crippen LogP) is 3.15. The van der Waals surface area contributed by atoms with Crippen molar-refractivity contribution in [2.75, 3.05) is 7.11 Å². The third-order valence-corrected chi connectivity index (χ3v) is 3.99. The fourth-order valence-corrected chi connectivity index (χ4v) is 2.77. The molecule has 3 N–H and O–H groups in total. The van der Waals surface area contributed by atoms with E-state index in [2.05, 4.69) is 34.9 Å². The minimum Gasteiger partial charge on any atom is -0.496 e. The molecule has 0 aliphatic heterocycles. The van der Waals surface area contributed by atoms with E-state index in [1.807, 2.05) is 36.4 Å². The minimum absolute atomic E-state index is 0.138. The quantitative estimate of drug-likeness (QED) is 0.368. The average molecular weight is 331 g/mol. The van der Waals surface area contributed by atoms with Gasteiger partial charge in [0, 0.05) is 16.2 Å². The van der Waals surface area contributed by atoms with Gasteiger partial charge in [-0.3, -0.25) is 5.43 Å². The van der Waals surface area contributed by atoms with E-state index in [-0.39, 0.29) is 5.11 Å². The van der Waals surface area contributed by atoms with Crippen molar-refractivity contribution in [3.63, 3.8) is 0 Å². The maximum Gasteiger partial charge on any atom is 0.184 e. The van der Waals surface area contributed by atoms with Crippen molar-refractivity contribution in [1.29, 1.82) is 0 Å². The average Bonchev–Trinajstić information content (AvgIpc) is 2.54. The van der Waals surface area contributed by atoms with Gasteiger partial charge in [-0.05, 0) is 36.0 Å². The predicted molar refractivity (Wildman–Crippen MR) is 96.5 cm³/mol. The molecule has 0 aliphatic carbocycles.